The van der Waals surface area contributed by atoms with Crippen molar-refractivity contribution in [1.29, 1.82) is 0 Å². The Hall–Kier alpha value is -0.570. The van der Waals surface area contributed by atoms with E-state index in [9.17, 15) is 4.79 Å². The van der Waals surface area contributed by atoms with E-state index >= 15 is 0 Å². The van der Waals surface area contributed by atoms with Crippen LogP contribution in [-0.2, 0) is 4.79 Å². The molecule has 0 rings (SSSR count). The fraction of sp³-hybridized carbons (Fsp3) is 0.857. The summed E-state index contributed by atoms with van der Waals surface area (Å²) in [5.41, 5.74) is 2.13. The lowest BCUT2D eigenvalue weighted by atomic mass is 9.99. The number of carbonyl (C=O) groups is 1. The summed E-state index contributed by atoms with van der Waals surface area (Å²) in [5.74, 6) is 5.45. The molecule has 10 heavy (non-hydrogen) atoms. The minimum absolute atomic E-state index is 0.0324. The van der Waals surface area contributed by atoms with Crippen LogP contribution in [0.3, 0.4) is 0 Å². The monoisotopic (exact) mass is 144 g/mol. The number of nitrogens with one attached hydrogen (secondary N) is 1. The Morgan fingerprint density at radius 2 is 2.00 bits per heavy atom. The molecular weight excluding hydrogens is 128 g/mol. The number of hydrazine groups is 1. The molecule has 0 saturated heterocycles. The van der Waals surface area contributed by atoms with Crippen molar-refractivity contribution >= 4 is 5.91 Å². The number of nitrogens with two attached hydrogens (primary N) is 1. The second-order valence-electron chi connectivity index (χ2n) is 3.04. The SMILES string of the molecule is CC(C)CC(C)C(=O)NN. The van der Waals surface area contributed by atoms with Crippen LogP contribution in [0.4, 0.5) is 0 Å². The van der Waals surface area contributed by atoms with Gasteiger partial charge >= 0.3 is 0 Å². The van der Waals surface area contributed by atoms with Gasteiger partial charge in [0.2, 0.25) is 5.91 Å². The van der Waals surface area contributed by atoms with Gasteiger partial charge < -0.3 is 0 Å². The van der Waals surface area contributed by atoms with Gasteiger partial charge in [0.25, 0.3) is 0 Å². The minimum Gasteiger partial charge on any atom is -0.294 e. The fourth-order valence-electron chi connectivity index (χ4n) is 0.956. The maximum atomic E-state index is 10.8. The highest BCUT2D eigenvalue weighted by Gasteiger charge is 2.11. The van der Waals surface area contributed by atoms with Crippen LogP contribution in [-0.4, -0.2) is 5.91 Å². The lowest BCUT2D eigenvalue weighted by Crippen LogP contribution is -2.35. The minimum atomic E-state index is -0.0753. The molecule has 0 aromatic heterocycles. The standard InChI is InChI=1S/C7H16N2O/c1-5(2)4-6(3)7(10)9-8/h5-6H,4,8H2,1-3H3,(H,9,10). The highest BCUT2D eigenvalue weighted by atomic mass is 16.2. The highest BCUT2D eigenvalue weighted by molar-refractivity contribution is 5.77. The number of rotatable bonds is 3. The Morgan fingerprint density at radius 1 is 1.50 bits per heavy atom. The summed E-state index contributed by atoms with van der Waals surface area (Å²) in [6.45, 7) is 6.04. The van der Waals surface area contributed by atoms with Crippen LogP contribution in [0, 0.1) is 11.8 Å². The fourth-order valence-corrected chi connectivity index (χ4v) is 0.956. The molecule has 0 aliphatic heterocycles. The third-order valence-electron chi connectivity index (χ3n) is 1.41. The van der Waals surface area contributed by atoms with Crippen molar-refractivity contribution in [2.24, 2.45) is 17.7 Å². The molecule has 0 aliphatic carbocycles. The van der Waals surface area contributed by atoms with Crippen LogP contribution in [0.1, 0.15) is 27.2 Å². The lowest BCUT2D eigenvalue weighted by molar-refractivity contribution is -0.125. The van der Waals surface area contributed by atoms with Crippen LogP contribution in [0.5, 0.6) is 0 Å². The zero-order chi connectivity index (χ0) is 8.15. The molecule has 0 aromatic rings. The van der Waals surface area contributed by atoms with E-state index in [1.807, 2.05) is 6.92 Å². The second kappa shape index (κ2) is 4.28. The molecule has 0 aromatic carbocycles. The van der Waals surface area contributed by atoms with Gasteiger partial charge in [-0.2, -0.15) is 0 Å². The van der Waals surface area contributed by atoms with Crippen LogP contribution >= 0.6 is 0 Å². The molecule has 3 nitrogen and oxygen atoms in total. The van der Waals surface area contributed by atoms with Gasteiger partial charge in [0.15, 0.2) is 0 Å². The predicted octanol–water partition coefficient (Wildman–Crippen LogP) is 0.659. The average molecular weight is 144 g/mol. The van der Waals surface area contributed by atoms with Gasteiger partial charge in [-0.25, -0.2) is 5.84 Å². The highest BCUT2D eigenvalue weighted by Crippen LogP contribution is 2.09. The van der Waals surface area contributed by atoms with Crippen molar-refractivity contribution in [3.05, 3.63) is 0 Å². The zero-order valence-electron chi connectivity index (χ0n) is 6.85. The van der Waals surface area contributed by atoms with Crippen molar-refractivity contribution in [3.8, 4) is 0 Å². The quantitative estimate of drug-likeness (QED) is 0.347. The largest absolute Gasteiger partial charge is 0.294 e. The lowest BCUT2D eigenvalue weighted by Gasteiger charge is -2.10. The molecule has 0 bridgehead atoms. The summed E-state index contributed by atoms with van der Waals surface area (Å²) in [5, 5.41) is 0. The van der Waals surface area contributed by atoms with Gasteiger partial charge in [-0.05, 0) is 12.3 Å². The third-order valence-corrected chi connectivity index (χ3v) is 1.41. The van der Waals surface area contributed by atoms with E-state index in [1.165, 1.54) is 0 Å². The predicted molar refractivity (Wildman–Crippen MR) is 40.9 cm³/mol. The van der Waals surface area contributed by atoms with Gasteiger partial charge in [-0.1, -0.05) is 20.8 Å². The van der Waals surface area contributed by atoms with E-state index in [0.29, 0.717) is 5.92 Å². The molecule has 0 spiro atoms. The topological polar surface area (TPSA) is 55.1 Å². The van der Waals surface area contributed by atoms with Gasteiger partial charge in [-0.15, -0.1) is 0 Å². The summed E-state index contributed by atoms with van der Waals surface area (Å²) in [7, 11) is 0. The molecule has 1 atom stereocenters. The number of amides is 1. The summed E-state index contributed by atoms with van der Waals surface area (Å²) < 4.78 is 0. The van der Waals surface area contributed by atoms with E-state index in [1.54, 1.807) is 0 Å². The maximum absolute atomic E-state index is 10.8. The molecule has 60 valence electrons. The number of carbonyl (C=O) groups excluding carboxylic acids is 1. The smallest absolute Gasteiger partial charge is 0.236 e. The molecule has 0 aliphatic rings. The van der Waals surface area contributed by atoms with Crippen LogP contribution in [0.25, 0.3) is 0 Å². The first-order chi connectivity index (χ1) is 4.57. The van der Waals surface area contributed by atoms with Crippen molar-refractivity contribution in [1.82, 2.24) is 5.43 Å². The van der Waals surface area contributed by atoms with Crippen molar-refractivity contribution in [3.63, 3.8) is 0 Å². The maximum Gasteiger partial charge on any atom is 0.236 e. The van der Waals surface area contributed by atoms with E-state index < -0.39 is 0 Å². The van der Waals surface area contributed by atoms with Gasteiger partial charge in [0.05, 0.1) is 0 Å². The van der Waals surface area contributed by atoms with Crippen molar-refractivity contribution < 1.29 is 4.79 Å². The summed E-state index contributed by atoms with van der Waals surface area (Å²) >= 11 is 0. The summed E-state index contributed by atoms with van der Waals surface area (Å²) in [6.07, 6.45) is 0.892. The Bertz CT molecular complexity index is 112. The second-order valence-corrected chi connectivity index (χ2v) is 3.04. The van der Waals surface area contributed by atoms with Crippen molar-refractivity contribution in [2.45, 2.75) is 27.2 Å². The molecule has 3 heteroatoms. The zero-order valence-corrected chi connectivity index (χ0v) is 6.85. The summed E-state index contributed by atoms with van der Waals surface area (Å²) in [4.78, 5) is 10.8. The van der Waals surface area contributed by atoms with E-state index in [-0.39, 0.29) is 11.8 Å². The normalized spacial score (nSPS) is 13.3. The van der Waals surface area contributed by atoms with Crippen LogP contribution in [0.2, 0.25) is 0 Å². The average Bonchev–Trinajstić information content (AvgIpc) is 1.85. The van der Waals surface area contributed by atoms with Gasteiger partial charge in [0, 0.05) is 5.92 Å². The Kier molecular flexibility index (Phi) is 4.03. The van der Waals surface area contributed by atoms with Crippen LogP contribution < -0.4 is 11.3 Å². The number of hydrogen-bond acceptors (Lipinski definition) is 2. The Morgan fingerprint density at radius 3 is 2.30 bits per heavy atom. The molecular formula is C7H16N2O. The molecule has 0 heterocycles. The molecule has 3 N–H and O–H groups in total. The Balaban J connectivity index is 3.61. The first-order valence-electron chi connectivity index (χ1n) is 3.58. The molecule has 1 unspecified atom stereocenters. The molecule has 1 amide bonds. The molecule has 0 fully saturated rings. The molecule has 0 saturated carbocycles. The van der Waals surface area contributed by atoms with E-state index in [4.69, 9.17) is 5.84 Å². The van der Waals surface area contributed by atoms with E-state index in [0.717, 1.165) is 6.42 Å². The first kappa shape index (κ1) is 9.43. The third kappa shape index (κ3) is 3.45. The summed E-state index contributed by atoms with van der Waals surface area (Å²) in [6, 6.07) is 0. The van der Waals surface area contributed by atoms with Crippen molar-refractivity contribution in [2.75, 3.05) is 0 Å². The van der Waals surface area contributed by atoms with Gasteiger partial charge in [0.1, 0.15) is 0 Å². The Labute approximate surface area is 62.0 Å². The first-order valence-corrected chi connectivity index (χ1v) is 3.58. The number of hydrogen-bond donors (Lipinski definition) is 2. The van der Waals surface area contributed by atoms with E-state index in [2.05, 4.69) is 19.3 Å². The molecule has 0 radical (unpaired) electrons. The van der Waals surface area contributed by atoms with Gasteiger partial charge in [-0.3, -0.25) is 10.2 Å². The van der Waals surface area contributed by atoms with Crippen LogP contribution in [0.15, 0.2) is 0 Å².